The molecule has 1 aromatic carbocycles. The van der Waals surface area contributed by atoms with Gasteiger partial charge in [-0.1, -0.05) is 19.6 Å². The monoisotopic (exact) mass is 462 g/mol. The third-order valence-corrected chi connectivity index (χ3v) is 7.86. The molecule has 1 aliphatic heterocycles. The molecule has 0 unspecified atom stereocenters. The molecule has 2 aromatic rings. The van der Waals surface area contributed by atoms with Crippen LogP contribution in [0.15, 0.2) is 12.3 Å². The Kier molecular flexibility index (Phi) is 6.82. The zero-order valence-corrected chi connectivity index (χ0v) is 21.7. The van der Waals surface area contributed by atoms with Gasteiger partial charge in [0.2, 0.25) is 0 Å². The van der Waals surface area contributed by atoms with Crippen LogP contribution in [-0.2, 0) is 25.5 Å². The molecule has 0 atom stereocenters. The third-order valence-electron chi connectivity index (χ3n) is 6.16. The number of rotatable bonds is 8. The molecule has 8 nitrogen and oxygen atoms in total. The molecule has 176 valence electrons. The van der Waals surface area contributed by atoms with Crippen LogP contribution in [0.1, 0.15) is 38.1 Å². The Balaban J connectivity index is 2.01. The fourth-order valence-electron chi connectivity index (χ4n) is 3.47. The van der Waals surface area contributed by atoms with Crippen molar-refractivity contribution in [2.45, 2.75) is 71.3 Å². The van der Waals surface area contributed by atoms with Gasteiger partial charge in [0.15, 0.2) is 0 Å². The first-order chi connectivity index (χ1) is 14.8. The van der Waals surface area contributed by atoms with Gasteiger partial charge in [0, 0.05) is 26.3 Å². The van der Waals surface area contributed by atoms with Crippen molar-refractivity contribution in [1.82, 2.24) is 9.78 Å². The first-order valence-corrected chi connectivity index (χ1v) is 14.6. The molecule has 0 radical (unpaired) electrons. The number of benzene rings is 1. The predicted octanol–water partition coefficient (Wildman–Crippen LogP) is 3.44. The fraction of sp³-hybridized carbons (Fsp3) is 0.636. The smallest absolute Gasteiger partial charge is 0.496 e. The molecule has 0 saturated carbocycles. The van der Waals surface area contributed by atoms with E-state index in [4.69, 9.17) is 23.5 Å². The number of esters is 1. The summed E-state index contributed by atoms with van der Waals surface area (Å²) < 4.78 is 30.8. The number of fused-ring (bicyclic) bond motifs is 1. The highest BCUT2D eigenvalue weighted by molar-refractivity contribution is 6.76. The van der Waals surface area contributed by atoms with Gasteiger partial charge < -0.3 is 23.5 Å². The second-order valence-electron chi connectivity index (χ2n) is 10.4. The molecule has 0 N–H and O–H groups in total. The van der Waals surface area contributed by atoms with Gasteiger partial charge in [-0.2, -0.15) is 5.10 Å². The molecule has 1 fully saturated rings. The van der Waals surface area contributed by atoms with Crippen LogP contribution in [0.2, 0.25) is 25.7 Å². The molecular formula is C22H35BN2O6Si. The van der Waals surface area contributed by atoms with E-state index in [9.17, 15) is 4.79 Å². The van der Waals surface area contributed by atoms with Gasteiger partial charge in [-0.15, -0.1) is 0 Å². The molecule has 0 aliphatic carbocycles. The minimum atomic E-state index is -1.18. The highest BCUT2D eigenvalue weighted by atomic mass is 28.3. The van der Waals surface area contributed by atoms with E-state index < -0.39 is 32.4 Å². The van der Waals surface area contributed by atoms with Crippen LogP contribution in [0, 0.1) is 0 Å². The molecule has 32 heavy (non-hydrogen) atoms. The second-order valence-corrected chi connectivity index (χ2v) is 16.0. The number of ether oxygens (including phenoxy) is 3. The number of hydrogen-bond acceptors (Lipinski definition) is 7. The summed E-state index contributed by atoms with van der Waals surface area (Å²) in [4.78, 5) is 12.6. The molecule has 1 saturated heterocycles. The van der Waals surface area contributed by atoms with Crippen molar-refractivity contribution >= 4 is 37.5 Å². The summed E-state index contributed by atoms with van der Waals surface area (Å²) in [6.45, 7) is 15.8. The Morgan fingerprint density at radius 3 is 2.31 bits per heavy atom. The summed E-state index contributed by atoms with van der Waals surface area (Å²) >= 11 is 0. The maximum absolute atomic E-state index is 12.6. The lowest BCUT2D eigenvalue weighted by molar-refractivity contribution is 0.00578. The summed E-state index contributed by atoms with van der Waals surface area (Å²) in [5, 5.41) is 5.26. The van der Waals surface area contributed by atoms with E-state index in [2.05, 4.69) is 24.7 Å². The summed E-state index contributed by atoms with van der Waals surface area (Å²) in [5.41, 5.74) is 0.379. The summed E-state index contributed by atoms with van der Waals surface area (Å²) in [5.74, 6) is 0.0693. The Morgan fingerprint density at radius 1 is 1.16 bits per heavy atom. The van der Waals surface area contributed by atoms with Crippen molar-refractivity contribution < 1.29 is 28.3 Å². The lowest BCUT2D eigenvalue weighted by Gasteiger charge is -2.32. The minimum Gasteiger partial charge on any atom is -0.496 e. The summed E-state index contributed by atoms with van der Waals surface area (Å²) in [7, 11) is 1.06. The zero-order chi connectivity index (χ0) is 23.9. The molecular weight excluding hydrogens is 427 g/mol. The minimum absolute atomic E-state index is 0.286. The van der Waals surface area contributed by atoms with Crippen LogP contribution >= 0.6 is 0 Å². The predicted molar refractivity (Wildman–Crippen MR) is 127 cm³/mol. The van der Waals surface area contributed by atoms with Gasteiger partial charge >= 0.3 is 13.1 Å². The summed E-state index contributed by atoms with van der Waals surface area (Å²) in [6.07, 6.45) is 1.82. The van der Waals surface area contributed by atoms with E-state index in [0.29, 0.717) is 34.3 Å². The molecule has 1 aliphatic rings. The average Bonchev–Trinajstić information content (AvgIpc) is 3.20. The topological polar surface area (TPSA) is 81.0 Å². The largest absolute Gasteiger partial charge is 0.498 e. The van der Waals surface area contributed by atoms with Crippen LogP contribution in [0.3, 0.4) is 0 Å². The highest BCUT2D eigenvalue weighted by Gasteiger charge is 2.53. The standard InChI is InChI=1S/C22H35BN2O6Si/c1-21(2)22(3,4)31-23(30-21)17-12-15(20(26)28-6)18-16(19(17)27-5)13-25(24-18)14-29-10-11-32(7,8)9/h12-13H,10-11,14H2,1-9H3. The van der Waals surface area contributed by atoms with E-state index >= 15 is 0 Å². The lowest BCUT2D eigenvalue weighted by atomic mass is 9.76. The molecule has 1 aromatic heterocycles. The van der Waals surface area contributed by atoms with Gasteiger partial charge in [0.25, 0.3) is 0 Å². The van der Waals surface area contributed by atoms with Gasteiger partial charge in [-0.3, -0.25) is 0 Å². The van der Waals surface area contributed by atoms with Crippen LogP contribution in [0.5, 0.6) is 5.75 Å². The van der Waals surface area contributed by atoms with Crippen LogP contribution in [-0.4, -0.2) is 63.0 Å². The number of hydrogen-bond donors (Lipinski definition) is 0. The Labute approximate surface area is 191 Å². The normalized spacial score (nSPS) is 17.7. The summed E-state index contributed by atoms with van der Waals surface area (Å²) in [6, 6.07) is 2.76. The van der Waals surface area contributed by atoms with E-state index in [-0.39, 0.29) is 6.73 Å². The van der Waals surface area contributed by atoms with Crippen molar-refractivity contribution in [3.05, 3.63) is 17.8 Å². The molecule has 2 heterocycles. The van der Waals surface area contributed by atoms with E-state index in [0.717, 1.165) is 6.04 Å². The van der Waals surface area contributed by atoms with Crippen LogP contribution < -0.4 is 10.2 Å². The maximum atomic E-state index is 12.6. The van der Waals surface area contributed by atoms with Crippen molar-refractivity contribution in [2.75, 3.05) is 20.8 Å². The molecule has 0 spiro atoms. The number of methoxy groups -OCH3 is 2. The molecule has 10 heteroatoms. The van der Waals surface area contributed by atoms with Gasteiger partial charge in [-0.05, 0) is 39.8 Å². The number of carbonyl (C=O) groups is 1. The van der Waals surface area contributed by atoms with Crippen molar-refractivity contribution in [3.63, 3.8) is 0 Å². The maximum Gasteiger partial charge on any atom is 0.498 e. The molecule has 0 amide bonds. The number of aromatic nitrogens is 2. The van der Waals surface area contributed by atoms with E-state index in [1.165, 1.54) is 7.11 Å². The Hall–Kier alpha value is -1.88. The van der Waals surface area contributed by atoms with Crippen LogP contribution in [0.25, 0.3) is 10.9 Å². The van der Waals surface area contributed by atoms with E-state index in [1.54, 1.807) is 17.9 Å². The fourth-order valence-corrected chi connectivity index (χ4v) is 4.23. The average molecular weight is 462 g/mol. The third kappa shape index (κ3) is 4.88. The van der Waals surface area contributed by atoms with Gasteiger partial charge in [0.05, 0.1) is 36.4 Å². The number of nitrogens with zero attached hydrogens (tertiary/aromatic N) is 2. The quantitative estimate of drug-likeness (QED) is 0.338. The van der Waals surface area contributed by atoms with Crippen molar-refractivity contribution in [1.29, 1.82) is 0 Å². The SMILES string of the molecule is COC(=O)c1cc(B2OC(C)(C)C(C)(C)O2)c(OC)c2cn(COCC[Si](C)(C)C)nc12. The number of carbonyl (C=O) groups excluding carboxylic acids is 1. The van der Waals surface area contributed by atoms with Crippen molar-refractivity contribution in [2.24, 2.45) is 0 Å². The molecule has 0 bridgehead atoms. The van der Waals surface area contributed by atoms with E-state index in [1.807, 2.05) is 33.9 Å². The Morgan fingerprint density at radius 2 is 1.78 bits per heavy atom. The lowest BCUT2D eigenvalue weighted by Crippen LogP contribution is -2.41. The Bertz CT molecular complexity index is 982. The van der Waals surface area contributed by atoms with Gasteiger partial charge in [0.1, 0.15) is 18.0 Å². The second kappa shape index (κ2) is 8.81. The van der Waals surface area contributed by atoms with Gasteiger partial charge in [-0.25, -0.2) is 9.48 Å². The molecule has 3 rings (SSSR count). The van der Waals surface area contributed by atoms with Crippen LogP contribution in [0.4, 0.5) is 0 Å². The highest BCUT2D eigenvalue weighted by Crippen LogP contribution is 2.38. The first kappa shape index (κ1) is 24.8. The van der Waals surface area contributed by atoms with Crippen molar-refractivity contribution in [3.8, 4) is 5.75 Å². The zero-order valence-electron chi connectivity index (χ0n) is 20.7. The first-order valence-electron chi connectivity index (χ1n) is 10.9.